The lowest BCUT2D eigenvalue weighted by Gasteiger charge is -2.07. The number of nitrogens with zero attached hydrogens (tertiary/aromatic N) is 1. The fourth-order valence-corrected chi connectivity index (χ4v) is 1.92. The molecule has 2 rings (SSSR count). The van der Waals surface area contributed by atoms with Crippen molar-refractivity contribution in [1.82, 2.24) is 9.78 Å². The highest BCUT2D eigenvalue weighted by atomic mass is 16.5. The van der Waals surface area contributed by atoms with Crippen LogP contribution in [0.2, 0.25) is 0 Å². The Kier molecular flexibility index (Phi) is 2.46. The summed E-state index contributed by atoms with van der Waals surface area (Å²) in [6.45, 7) is 5.34. The number of H-pyrrole nitrogens is 1. The minimum Gasteiger partial charge on any atom is -0.379 e. The van der Waals surface area contributed by atoms with E-state index < -0.39 is 0 Å². The lowest BCUT2D eigenvalue weighted by atomic mass is 10.2. The number of hydrogen-bond donors (Lipinski definition) is 1. The summed E-state index contributed by atoms with van der Waals surface area (Å²) in [5, 5.41) is 3.17. The first-order valence-electron chi connectivity index (χ1n) is 5.11. The highest BCUT2D eigenvalue weighted by molar-refractivity contribution is 5.15. The van der Waals surface area contributed by atoms with E-state index in [2.05, 4.69) is 5.10 Å². The normalized spacial score (nSPS) is 21.7. The molecule has 1 aromatic rings. The van der Waals surface area contributed by atoms with Crippen molar-refractivity contribution in [3.05, 3.63) is 21.6 Å². The maximum Gasteiger partial charge on any atom is 0.269 e. The van der Waals surface area contributed by atoms with E-state index in [0.717, 1.165) is 30.7 Å². The van der Waals surface area contributed by atoms with Gasteiger partial charge in [-0.1, -0.05) is 6.92 Å². The van der Waals surface area contributed by atoms with Crippen molar-refractivity contribution in [3.63, 3.8) is 0 Å². The zero-order valence-electron chi connectivity index (χ0n) is 8.67. The first kappa shape index (κ1) is 9.52. The SMILES string of the molecule is CCc1[nH]n(C2CCOC2)c(=O)c1C. The lowest BCUT2D eigenvalue weighted by molar-refractivity contribution is 0.184. The van der Waals surface area contributed by atoms with Crippen LogP contribution >= 0.6 is 0 Å². The number of aromatic amines is 1. The van der Waals surface area contributed by atoms with Gasteiger partial charge in [0.25, 0.3) is 5.56 Å². The molecule has 4 nitrogen and oxygen atoms in total. The maximum absolute atomic E-state index is 11.8. The van der Waals surface area contributed by atoms with Gasteiger partial charge in [-0.2, -0.15) is 0 Å². The van der Waals surface area contributed by atoms with E-state index in [9.17, 15) is 4.79 Å². The van der Waals surface area contributed by atoms with E-state index >= 15 is 0 Å². The Morgan fingerprint density at radius 3 is 2.93 bits per heavy atom. The molecule has 2 heterocycles. The highest BCUT2D eigenvalue weighted by Crippen LogP contribution is 2.16. The molecule has 1 aromatic heterocycles. The molecule has 4 heteroatoms. The van der Waals surface area contributed by atoms with Crippen molar-refractivity contribution in [3.8, 4) is 0 Å². The minimum atomic E-state index is 0.109. The molecule has 1 unspecified atom stereocenters. The zero-order chi connectivity index (χ0) is 10.1. The first-order valence-corrected chi connectivity index (χ1v) is 5.11. The van der Waals surface area contributed by atoms with Crippen molar-refractivity contribution in [1.29, 1.82) is 0 Å². The topological polar surface area (TPSA) is 47.0 Å². The number of ether oxygens (including phenoxy) is 1. The van der Waals surface area contributed by atoms with E-state index in [1.54, 1.807) is 4.68 Å². The van der Waals surface area contributed by atoms with Gasteiger partial charge in [0, 0.05) is 17.9 Å². The molecule has 0 bridgehead atoms. The van der Waals surface area contributed by atoms with Gasteiger partial charge in [-0.05, 0) is 19.8 Å². The summed E-state index contributed by atoms with van der Waals surface area (Å²) in [4.78, 5) is 11.8. The van der Waals surface area contributed by atoms with Gasteiger partial charge in [0.15, 0.2) is 0 Å². The largest absolute Gasteiger partial charge is 0.379 e. The van der Waals surface area contributed by atoms with Crippen LogP contribution in [0.5, 0.6) is 0 Å². The minimum absolute atomic E-state index is 0.109. The second kappa shape index (κ2) is 3.61. The van der Waals surface area contributed by atoms with Crippen LogP contribution in [0.3, 0.4) is 0 Å². The predicted molar refractivity (Wildman–Crippen MR) is 53.6 cm³/mol. The third-order valence-electron chi connectivity index (χ3n) is 2.87. The average Bonchev–Trinajstić information content (AvgIpc) is 2.78. The lowest BCUT2D eigenvalue weighted by Crippen LogP contribution is -2.23. The number of hydrogen-bond acceptors (Lipinski definition) is 2. The van der Waals surface area contributed by atoms with E-state index in [1.165, 1.54) is 0 Å². The van der Waals surface area contributed by atoms with Crippen LogP contribution in [-0.4, -0.2) is 23.0 Å². The summed E-state index contributed by atoms with van der Waals surface area (Å²) in [7, 11) is 0. The van der Waals surface area contributed by atoms with Crippen LogP contribution < -0.4 is 5.56 Å². The van der Waals surface area contributed by atoms with Gasteiger partial charge < -0.3 is 4.74 Å². The Morgan fingerprint density at radius 2 is 2.43 bits per heavy atom. The molecule has 1 aliphatic rings. The molecule has 14 heavy (non-hydrogen) atoms. The third kappa shape index (κ3) is 1.39. The summed E-state index contributed by atoms with van der Waals surface area (Å²) < 4.78 is 6.99. The number of rotatable bonds is 2. The van der Waals surface area contributed by atoms with E-state index in [-0.39, 0.29) is 11.6 Å². The molecule has 0 spiro atoms. The van der Waals surface area contributed by atoms with Crippen molar-refractivity contribution in [2.45, 2.75) is 32.7 Å². The van der Waals surface area contributed by atoms with E-state index in [1.807, 2.05) is 13.8 Å². The van der Waals surface area contributed by atoms with Crippen LogP contribution in [0, 0.1) is 6.92 Å². The van der Waals surface area contributed by atoms with E-state index in [0.29, 0.717) is 6.61 Å². The van der Waals surface area contributed by atoms with Crippen LogP contribution in [-0.2, 0) is 11.2 Å². The molecule has 78 valence electrons. The van der Waals surface area contributed by atoms with Crippen molar-refractivity contribution >= 4 is 0 Å². The quantitative estimate of drug-likeness (QED) is 0.767. The molecule has 0 radical (unpaired) electrons. The number of nitrogens with one attached hydrogen (secondary N) is 1. The van der Waals surface area contributed by atoms with Crippen LogP contribution in [0.25, 0.3) is 0 Å². The summed E-state index contributed by atoms with van der Waals surface area (Å²) in [6, 6.07) is 0.210. The Hall–Kier alpha value is -1.03. The molecule has 0 amide bonds. The van der Waals surface area contributed by atoms with Crippen molar-refractivity contribution in [2.75, 3.05) is 13.2 Å². The highest BCUT2D eigenvalue weighted by Gasteiger charge is 2.21. The standard InChI is InChI=1S/C10H16N2O2/c1-3-9-7(2)10(13)12(11-9)8-4-5-14-6-8/h8,11H,3-6H2,1-2H3. The Balaban J connectivity index is 2.38. The van der Waals surface area contributed by atoms with Crippen LogP contribution in [0.1, 0.15) is 30.6 Å². The molecule has 0 aromatic carbocycles. The molecule has 1 aliphatic heterocycles. The average molecular weight is 196 g/mol. The fraction of sp³-hybridized carbons (Fsp3) is 0.700. The van der Waals surface area contributed by atoms with Crippen LogP contribution in [0.4, 0.5) is 0 Å². The summed E-state index contributed by atoms with van der Waals surface area (Å²) in [5.41, 5.74) is 2.00. The van der Waals surface area contributed by atoms with Crippen molar-refractivity contribution in [2.24, 2.45) is 0 Å². The molecule has 1 fully saturated rings. The van der Waals surface area contributed by atoms with Crippen molar-refractivity contribution < 1.29 is 4.74 Å². The number of aryl methyl sites for hydroxylation is 1. The monoisotopic (exact) mass is 196 g/mol. The molecule has 0 saturated carbocycles. The van der Waals surface area contributed by atoms with E-state index in [4.69, 9.17) is 4.74 Å². The summed E-state index contributed by atoms with van der Waals surface area (Å²) in [5.74, 6) is 0. The maximum atomic E-state index is 11.8. The van der Waals surface area contributed by atoms with Gasteiger partial charge in [0.1, 0.15) is 0 Å². The third-order valence-corrected chi connectivity index (χ3v) is 2.87. The summed E-state index contributed by atoms with van der Waals surface area (Å²) in [6.07, 6.45) is 1.81. The Morgan fingerprint density at radius 1 is 1.64 bits per heavy atom. The molecular formula is C10H16N2O2. The molecule has 1 atom stereocenters. The zero-order valence-corrected chi connectivity index (χ0v) is 8.67. The smallest absolute Gasteiger partial charge is 0.269 e. The predicted octanol–water partition coefficient (Wildman–Crippen LogP) is 1.01. The molecule has 1 saturated heterocycles. The van der Waals surface area contributed by atoms with Gasteiger partial charge in [-0.25, -0.2) is 4.68 Å². The second-order valence-electron chi connectivity index (χ2n) is 3.76. The Labute approximate surface area is 82.9 Å². The fourth-order valence-electron chi connectivity index (χ4n) is 1.92. The van der Waals surface area contributed by atoms with Gasteiger partial charge in [0.2, 0.25) is 0 Å². The van der Waals surface area contributed by atoms with Gasteiger partial charge in [-0.15, -0.1) is 0 Å². The summed E-state index contributed by atoms with van der Waals surface area (Å²) >= 11 is 0. The second-order valence-corrected chi connectivity index (χ2v) is 3.76. The number of aromatic nitrogens is 2. The molecule has 1 N–H and O–H groups in total. The molecule has 0 aliphatic carbocycles. The van der Waals surface area contributed by atoms with Gasteiger partial charge in [-0.3, -0.25) is 9.89 Å². The Bertz CT molecular complexity index is 372. The van der Waals surface area contributed by atoms with Gasteiger partial charge in [0.05, 0.1) is 12.6 Å². The molecular weight excluding hydrogens is 180 g/mol. The van der Waals surface area contributed by atoms with Gasteiger partial charge >= 0.3 is 0 Å². The first-order chi connectivity index (χ1) is 6.74. The van der Waals surface area contributed by atoms with Crippen LogP contribution in [0.15, 0.2) is 4.79 Å².